The molecule has 0 aliphatic heterocycles. The van der Waals surface area contributed by atoms with Gasteiger partial charge in [-0.25, -0.2) is 5.43 Å². The third-order valence-electron chi connectivity index (χ3n) is 3.70. The number of carbonyl (C=O) groups is 1. The van der Waals surface area contributed by atoms with Crippen LogP contribution in [0.2, 0.25) is 5.02 Å². The van der Waals surface area contributed by atoms with Gasteiger partial charge in [-0.3, -0.25) is 4.79 Å². The van der Waals surface area contributed by atoms with Gasteiger partial charge in [-0.2, -0.15) is 5.10 Å². The molecule has 0 radical (unpaired) electrons. The summed E-state index contributed by atoms with van der Waals surface area (Å²) in [6.07, 6.45) is 1.44. The van der Waals surface area contributed by atoms with E-state index in [9.17, 15) is 4.79 Å². The Morgan fingerprint density at radius 3 is 2.52 bits per heavy atom. The zero-order valence-corrected chi connectivity index (χ0v) is 15.8. The van der Waals surface area contributed by atoms with Crippen LogP contribution in [0, 0.1) is 13.8 Å². The lowest BCUT2D eigenvalue weighted by atomic mass is 10.1. The largest absolute Gasteiger partial charge is 0.484 e. The number of halogens is 1. The molecule has 3 rings (SSSR count). The number of furan rings is 1. The number of nitrogens with one attached hydrogen (secondary N) is 1. The first kappa shape index (κ1) is 18.7. The van der Waals surface area contributed by atoms with E-state index in [0.29, 0.717) is 22.3 Å². The monoisotopic (exact) mass is 382 g/mol. The summed E-state index contributed by atoms with van der Waals surface area (Å²) in [6.45, 7) is 3.84. The first-order valence-corrected chi connectivity index (χ1v) is 8.76. The fourth-order valence-electron chi connectivity index (χ4n) is 2.56. The molecule has 0 aliphatic rings. The van der Waals surface area contributed by atoms with E-state index in [4.69, 9.17) is 20.8 Å². The van der Waals surface area contributed by atoms with Crippen LogP contribution in [0.25, 0.3) is 11.3 Å². The number of ether oxygens (including phenoxy) is 1. The summed E-state index contributed by atoms with van der Waals surface area (Å²) in [5, 5.41) is 4.56. The standard InChI is InChI=1S/C21H19ClN2O3/c1-14-9-15(2)11-19(10-14)26-13-21(25)24-23-12-18-7-8-20(27-18)16-3-5-17(22)6-4-16/h3-12H,13H2,1-2H3,(H,24,25)/b23-12+. The Labute approximate surface area is 162 Å². The third kappa shape index (κ3) is 5.46. The molecule has 2 aromatic carbocycles. The van der Waals surface area contributed by atoms with E-state index in [-0.39, 0.29) is 12.5 Å². The number of benzene rings is 2. The molecule has 138 valence electrons. The second-order valence-corrected chi connectivity index (χ2v) is 6.55. The molecule has 3 aromatic rings. The fraction of sp³-hybridized carbons (Fsp3) is 0.143. The summed E-state index contributed by atoms with van der Waals surface area (Å²) in [5.41, 5.74) is 5.49. The molecule has 1 N–H and O–H groups in total. The van der Waals surface area contributed by atoms with Crippen molar-refractivity contribution < 1.29 is 13.9 Å². The lowest BCUT2D eigenvalue weighted by molar-refractivity contribution is -0.123. The van der Waals surface area contributed by atoms with E-state index >= 15 is 0 Å². The van der Waals surface area contributed by atoms with E-state index in [0.717, 1.165) is 16.7 Å². The van der Waals surface area contributed by atoms with Gasteiger partial charge < -0.3 is 9.15 Å². The van der Waals surface area contributed by atoms with Gasteiger partial charge in [0, 0.05) is 10.6 Å². The molecule has 0 saturated heterocycles. The van der Waals surface area contributed by atoms with Gasteiger partial charge in [-0.05, 0) is 73.5 Å². The van der Waals surface area contributed by atoms with Crippen molar-refractivity contribution >= 4 is 23.7 Å². The Balaban J connectivity index is 1.51. The van der Waals surface area contributed by atoms with Crippen molar-refractivity contribution in [3.8, 4) is 17.1 Å². The Hall–Kier alpha value is -3.05. The molecule has 0 spiro atoms. The minimum Gasteiger partial charge on any atom is -0.484 e. The third-order valence-corrected chi connectivity index (χ3v) is 3.95. The molecule has 0 aliphatic carbocycles. The van der Waals surface area contributed by atoms with Gasteiger partial charge in [0.2, 0.25) is 0 Å². The Bertz CT molecular complexity index is 942. The van der Waals surface area contributed by atoms with Crippen molar-refractivity contribution in [2.45, 2.75) is 13.8 Å². The molecule has 1 aromatic heterocycles. The first-order valence-electron chi connectivity index (χ1n) is 8.38. The van der Waals surface area contributed by atoms with E-state index in [1.807, 2.05) is 50.2 Å². The number of hydrogen-bond donors (Lipinski definition) is 1. The minimum absolute atomic E-state index is 0.117. The molecule has 1 amide bonds. The van der Waals surface area contributed by atoms with Gasteiger partial charge in [0.15, 0.2) is 6.61 Å². The predicted molar refractivity (Wildman–Crippen MR) is 106 cm³/mol. The highest BCUT2D eigenvalue weighted by Gasteiger charge is 2.05. The summed E-state index contributed by atoms with van der Waals surface area (Å²) in [6, 6.07) is 16.7. The van der Waals surface area contributed by atoms with E-state index in [1.54, 1.807) is 18.2 Å². The van der Waals surface area contributed by atoms with Crippen LogP contribution in [0.1, 0.15) is 16.9 Å². The van der Waals surface area contributed by atoms with Crippen molar-refractivity contribution in [3.05, 3.63) is 76.5 Å². The molecule has 1 heterocycles. The van der Waals surface area contributed by atoms with Crippen molar-refractivity contribution in [2.75, 3.05) is 6.61 Å². The minimum atomic E-state index is -0.352. The van der Waals surface area contributed by atoms with Crippen molar-refractivity contribution in [1.82, 2.24) is 5.43 Å². The van der Waals surface area contributed by atoms with Gasteiger partial charge in [-0.15, -0.1) is 0 Å². The van der Waals surface area contributed by atoms with Crippen LogP contribution in [0.5, 0.6) is 5.75 Å². The number of hydrazone groups is 1. The number of amides is 1. The summed E-state index contributed by atoms with van der Waals surface area (Å²) < 4.78 is 11.2. The van der Waals surface area contributed by atoms with Gasteiger partial charge in [0.05, 0.1) is 6.21 Å². The second kappa shape index (κ2) is 8.56. The van der Waals surface area contributed by atoms with Crippen LogP contribution in [-0.2, 0) is 4.79 Å². The van der Waals surface area contributed by atoms with E-state index in [2.05, 4.69) is 10.5 Å². The maximum Gasteiger partial charge on any atom is 0.277 e. The number of aryl methyl sites for hydroxylation is 2. The molecule has 6 heteroatoms. The predicted octanol–water partition coefficient (Wildman–Crippen LogP) is 4.75. The SMILES string of the molecule is Cc1cc(C)cc(OCC(=O)N/N=C/c2ccc(-c3ccc(Cl)cc3)o2)c1. The zero-order valence-electron chi connectivity index (χ0n) is 15.0. The lowest BCUT2D eigenvalue weighted by Gasteiger charge is -2.07. The first-order chi connectivity index (χ1) is 13.0. The number of hydrogen-bond acceptors (Lipinski definition) is 4. The maximum absolute atomic E-state index is 11.8. The average Bonchev–Trinajstić information content (AvgIpc) is 3.09. The lowest BCUT2D eigenvalue weighted by Crippen LogP contribution is -2.24. The van der Waals surface area contributed by atoms with Gasteiger partial charge in [0.1, 0.15) is 17.3 Å². The highest BCUT2D eigenvalue weighted by Crippen LogP contribution is 2.23. The number of nitrogens with zero attached hydrogens (tertiary/aromatic N) is 1. The van der Waals surface area contributed by atoms with Crippen LogP contribution in [0.3, 0.4) is 0 Å². The molecule has 0 atom stereocenters. The van der Waals surface area contributed by atoms with Crippen LogP contribution in [0.4, 0.5) is 0 Å². The molecule has 0 unspecified atom stereocenters. The molecule has 0 fully saturated rings. The Morgan fingerprint density at radius 2 is 1.81 bits per heavy atom. The van der Waals surface area contributed by atoms with Crippen molar-refractivity contribution in [2.24, 2.45) is 5.10 Å². The van der Waals surface area contributed by atoms with Gasteiger partial charge >= 0.3 is 0 Å². The van der Waals surface area contributed by atoms with Crippen LogP contribution >= 0.6 is 11.6 Å². The summed E-state index contributed by atoms with van der Waals surface area (Å²) >= 11 is 5.88. The highest BCUT2D eigenvalue weighted by atomic mass is 35.5. The topological polar surface area (TPSA) is 63.8 Å². The Morgan fingerprint density at radius 1 is 1.11 bits per heavy atom. The van der Waals surface area contributed by atoms with Crippen LogP contribution < -0.4 is 10.2 Å². The summed E-state index contributed by atoms with van der Waals surface area (Å²) in [7, 11) is 0. The zero-order chi connectivity index (χ0) is 19.2. The van der Waals surface area contributed by atoms with Gasteiger partial charge in [0.25, 0.3) is 5.91 Å². The number of carbonyl (C=O) groups excluding carboxylic acids is 1. The maximum atomic E-state index is 11.8. The normalized spacial score (nSPS) is 10.9. The van der Waals surface area contributed by atoms with Gasteiger partial charge in [-0.1, -0.05) is 17.7 Å². The molecular weight excluding hydrogens is 364 g/mol. The molecule has 0 saturated carbocycles. The number of rotatable bonds is 6. The molecule has 0 bridgehead atoms. The van der Waals surface area contributed by atoms with Crippen molar-refractivity contribution in [3.63, 3.8) is 0 Å². The molecule has 27 heavy (non-hydrogen) atoms. The van der Waals surface area contributed by atoms with Crippen molar-refractivity contribution in [1.29, 1.82) is 0 Å². The summed E-state index contributed by atoms with van der Waals surface area (Å²) in [4.78, 5) is 11.8. The van der Waals surface area contributed by atoms with E-state index in [1.165, 1.54) is 6.21 Å². The molecule has 5 nitrogen and oxygen atoms in total. The van der Waals surface area contributed by atoms with Crippen LogP contribution in [0.15, 0.2) is 64.1 Å². The quantitative estimate of drug-likeness (QED) is 0.494. The van der Waals surface area contributed by atoms with E-state index < -0.39 is 0 Å². The average molecular weight is 383 g/mol. The highest BCUT2D eigenvalue weighted by molar-refractivity contribution is 6.30. The van der Waals surface area contributed by atoms with Crippen LogP contribution in [-0.4, -0.2) is 18.7 Å². The summed E-state index contributed by atoms with van der Waals surface area (Å²) in [5.74, 6) is 1.52. The Kier molecular flexibility index (Phi) is 5.94. The smallest absolute Gasteiger partial charge is 0.277 e. The fourth-order valence-corrected chi connectivity index (χ4v) is 2.68. The molecular formula is C21H19ClN2O3. The second-order valence-electron chi connectivity index (χ2n) is 6.11.